The van der Waals surface area contributed by atoms with Crippen LogP contribution in [0.1, 0.15) is 21.6 Å². The molecule has 2 heterocycles. The highest BCUT2D eigenvalue weighted by Gasteiger charge is 2.15. The van der Waals surface area contributed by atoms with Crippen molar-refractivity contribution in [1.82, 2.24) is 4.98 Å². The number of benzene rings is 1. The quantitative estimate of drug-likeness (QED) is 0.648. The normalized spacial score (nSPS) is 12.7. The molecule has 0 radical (unpaired) electrons. The summed E-state index contributed by atoms with van der Waals surface area (Å²) in [6.45, 7) is 2.05. The van der Waals surface area contributed by atoms with E-state index in [2.05, 4.69) is 39.1 Å². The van der Waals surface area contributed by atoms with E-state index in [9.17, 15) is 0 Å². The lowest BCUT2D eigenvalue weighted by molar-refractivity contribution is 0.609. The molecule has 0 aliphatic rings. The summed E-state index contributed by atoms with van der Waals surface area (Å²) in [4.78, 5) is 4.66. The number of pyridine rings is 1. The number of fused-ring (bicyclic) bond motifs is 1. The van der Waals surface area contributed by atoms with Gasteiger partial charge in [-0.2, -0.15) is 0 Å². The van der Waals surface area contributed by atoms with Gasteiger partial charge >= 0.3 is 0 Å². The lowest BCUT2D eigenvalue weighted by atomic mass is 10.1. The van der Waals surface area contributed by atoms with E-state index in [1.54, 1.807) is 0 Å². The number of hydrogen-bond acceptors (Lipinski definition) is 2. The molecule has 19 heavy (non-hydrogen) atoms. The molecule has 0 saturated heterocycles. The van der Waals surface area contributed by atoms with Crippen molar-refractivity contribution in [3.63, 3.8) is 0 Å². The molecule has 0 spiro atoms. The van der Waals surface area contributed by atoms with Crippen molar-refractivity contribution >= 4 is 26.9 Å². The van der Waals surface area contributed by atoms with E-state index in [1.807, 2.05) is 37.6 Å². The first-order valence-electron chi connectivity index (χ1n) is 6.26. The van der Waals surface area contributed by atoms with Crippen molar-refractivity contribution in [3.05, 3.63) is 65.7 Å². The summed E-state index contributed by atoms with van der Waals surface area (Å²) in [7, 11) is 0. The van der Waals surface area contributed by atoms with E-state index in [-0.39, 0.29) is 4.83 Å². The number of halogens is 1. The Bertz CT molecular complexity index is 687. The largest absolute Gasteiger partial charge is 0.464 e. The van der Waals surface area contributed by atoms with Gasteiger partial charge in [0.2, 0.25) is 0 Å². The molecule has 2 nitrogen and oxygen atoms in total. The minimum atomic E-state index is 0.214. The zero-order valence-corrected chi connectivity index (χ0v) is 12.2. The standard InChI is InChI=1S/C16H14BrNO/c1-11-6-7-12(18-9-11)8-15(17)14-10-19-16-5-3-2-4-13(14)16/h2-7,9-10,15H,8H2,1H3. The molecule has 0 aliphatic heterocycles. The molecule has 3 rings (SSSR count). The van der Waals surface area contributed by atoms with Crippen LogP contribution in [0.2, 0.25) is 0 Å². The van der Waals surface area contributed by atoms with E-state index in [0.29, 0.717) is 0 Å². The van der Waals surface area contributed by atoms with Crippen LogP contribution in [-0.4, -0.2) is 4.98 Å². The summed E-state index contributed by atoms with van der Waals surface area (Å²) in [5.74, 6) is 0. The van der Waals surface area contributed by atoms with Crippen LogP contribution in [0.4, 0.5) is 0 Å². The number of nitrogens with zero attached hydrogens (tertiary/aromatic N) is 1. The average Bonchev–Trinajstić information content (AvgIpc) is 2.85. The lowest BCUT2D eigenvalue weighted by Gasteiger charge is -2.08. The molecular weight excluding hydrogens is 302 g/mol. The summed E-state index contributed by atoms with van der Waals surface area (Å²) in [5.41, 5.74) is 4.37. The molecular formula is C16H14BrNO. The zero-order chi connectivity index (χ0) is 13.2. The topological polar surface area (TPSA) is 26.0 Å². The minimum Gasteiger partial charge on any atom is -0.464 e. The van der Waals surface area contributed by atoms with Gasteiger partial charge in [-0.15, -0.1) is 0 Å². The summed E-state index contributed by atoms with van der Waals surface area (Å²) in [5, 5.41) is 1.16. The molecule has 0 amide bonds. The molecule has 1 atom stereocenters. The minimum absolute atomic E-state index is 0.214. The highest BCUT2D eigenvalue weighted by atomic mass is 79.9. The third-order valence-electron chi connectivity index (χ3n) is 3.21. The molecule has 0 fully saturated rings. The predicted molar refractivity (Wildman–Crippen MR) is 80.6 cm³/mol. The van der Waals surface area contributed by atoms with Crippen molar-refractivity contribution in [1.29, 1.82) is 0 Å². The van der Waals surface area contributed by atoms with Gasteiger partial charge in [-0.25, -0.2) is 0 Å². The smallest absolute Gasteiger partial charge is 0.134 e. The van der Waals surface area contributed by atoms with Crippen LogP contribution >= 0.6 is 15.9 Å². The Morgan fingerprint density at radius 2 is 2.05 bits per heavy atom. The van der Waals surface area contributed by atoms with Gasteiger partial charge in [0, 0.05) is 34.1 Å². The number of para-hydroxylation sites is 1. The lowest BCUT2D eigenvalue weighted by Crippen LogP contribution is -1.97. The predicted octanol–water partition coefficient (Wildman–Crippen LogP) is 4.81. The molecule has 1 unspecified atom stereocenters. The van der Waals surface area contributed by atoms with Crippen LogP contribution < -0.4 is 0 Å². The fraction of sp³-hybridized carbons (Fsp3) is 0.188. The van der Waals surface area contributed by atoms with Crippen LogP contribution in [0.25, 0.3) is 11.0 Å². The van der Waals surface area contributed by atoms with Crippen LogP contribution in [0, 0.1) is 6.92 Å². The van der Waals surface area contributed by atoms with E-state index in [0.717, 1.165) is 23.1 Å². The summed E-state index contributed by atoms with van der Waals surface area (Å²) >= 11 is 3.74. The number of aryl methyl sites for hydroxylation is 1. The Kier molecular flexibility index (Phi) is 3.38. The van der Waals surface area contributed by atoms with E-state index >= 15 is 0 Å². The number of hydrogen-bond donors (Lipinski definition) is 0. The SMILES string of the molecule is Cc1ccc(CC(Br)c2coc3ccccc23)nc1. The van der Waals surface area contributed by atoms with Gasteiger partial charge in [0.1, 0.15) is 5.58 Å². The number of rotatable bonds is 3. The van der Waals surface area contributed by atoms with Crippen LogP contribution in [-0.2, 0) is 6.42 Å². The van der Waals surface area contributed by atoms with Gasteiger partial charge in [-0.1, -0.05) is 40.2 Å². The summed E-state index contributed by atoms with van der Waals surface area (Å²) in [6.07, 6.45) is 4.59. The van der Waals surface area contributed by atoms with Crippen LogP contribution in [0.5, 0.6) is 0 Å². The maximum atomic E-state index is 5.58. The van der Waals surface area contributed by atoms with E-state index < -0.39 is 0 Å². The Morgan fingerprint density at radius 3 is 2.84 bits per heavy atom. The maximum absolute atomic E-state index is 5.58. The maximum Gasteiger partial charge on any atom is 0.134 e. The molecule has 1 aromatic carbocycles. The Morgan fingerprint density at radius 1 is 1.21 bits per heavy atom. The Balaban J connectivity index is 1.87. The third kappa shape index (κ3) is 2.56. The van der Waals surface area contributed by atoms with Crippen molar-refractivity contribution in [2.45, 2.75) is 18.2 Å². The molecule has 0 bridgehead atoms. The number of furan rings is 1. The Hall–Kier alpha value is -1.61. The first kappa shape index (κ1) is 12.4. The highest BCUT2D eigenvalue weighted by Crippen LogP contribution is 2.33. The second-order valence-electron chi connectivity index (χ2n) is 4.69. The van der Waals surface area contributed by atoms with Gasteiger partial charge in [-0.3, -0.25) is 4.98 Å². The van der Waals surface area contributed by atoms with Crippen LogP contribution in [0.3, 0.4) is 0 Å². The van der Waals surface area contributed by atoms with Crippen molar-refractivity contribution in [3.8, 4) is 0 Å². The summed E-state index contributed by atoms with van der Waals surface area (Å²) in [6, 6.07) is 12.3. The first-order chi connectivity index (χ1) is 9.24. The second kappa shape index (κ2) is 5.17. The fourth-order valence-corrected chi connectivity index (χ4v) is 2.84. The second-order valence-corrected chi connectivity index (χ2v) is 5.79. The molecule has 96 valence electrons. The van der Waals surface area contributed by atoms with E-state index in [4.69, 9.17) is 4.42 Å². The van der Waals surface area contributed by atoms with E-state index in [1.165, 1.54) is 11.1 Å². The molecule has 2 aromatic heterocycles. The van der Waals surface area contributed by atoms with Crippen molar-refractivity contribution < 1.29 is 4.42 Å². The molecule has 0 aliphatic carbocycles. The third-order valence-corrected chi connectivity index (χ3v) is 4.03. The van der Waals surface area contributed by atoms with Gasteiger partial charge in [0.15, 0.2) is 0 Å². The Labute approximate surface area is 120 Å². The average molecular weight is 316 g/mol. The molecule has 3 heteroatoms. The molecule has 0 saturated carbocycles. The van der Waals surface area contributed by atoms with Crippen molar-refractivity contribution in [2.75, 3.05) is 0 Å². The first-order valence-corrected chi connectivity index (χ1v) is 7.17. The van der Waals surface area contributed by atoms with Crippen LogP contribution in [0.15, 0.2) is 53.3 Å². The van der Waals surface area contributed by atoms with Gasteiger partial charge in [-0.05, 0) is 24.6 Å². The number of aromatic nitrogens is 1. The van der Waals surface area contributed by atoms with Gasteiger partial charge in [0.05, 0.1) is 6.26 Å². The van der Waals surface area contributed by atoms with Crippen molar-refractivity contribution in [2.24, 2.45) is 0 Å². The summed E-state index contributed by atoms with van der Waals surface area (Å²) < 4.78 is 5.58. The zero-order valence-electron chi connectivity index (χ0n) is 10.6. The van der Waals surface area contributed by atoms with Gasteiger partial charge < -0.3 is 4.42 Å². The van der Waals surface area contributed by atoms with Gasteiger partial charge in [0.25, 0.3) is 0 Å². The number of alkyl halides is 1. The monoisotopic (exact) mass is 315 g/mol. The fourth-order valence-electron chi connectivity index (χ4n) is 2.15. The molecule has 3 aromatic rings. The molecule has 0 N–H and O–H groups in total. The highest BCUT2D eigenvalue weighted by molar-refractivity contribution is 9.09.